The highest BCUT2D eigenvalue weighted by Gasteiger charge is 2.46. The van der Waals surface area contributed by atoms with E-state index >= 15 is 0 Å². The maximum atomic E-state index is 12.4. The van der Waals surface area contributed by atoms with Crippen LogP contribution in [-0.2, 0) is 12.1 Å². The van der Waals surface area contributed by atoms with Crippen molar-refractivity contribution in [1.29, 1.82) is 0 Å². The molecule has 2 amide bonds. The number of likely N-dealkylation sites (N-methyl/N-ethyl adjacent to an activating group) is 1. The molecule has 1 saturated heterocycles. The average molecular weight is 398 g/mol. The van der Waals surface area contributed by atoms with Crippen LogP contribution in [0, 0.1) is 0 Å². The first-order chi connectivity index (χ1) is 13.9. The molecule has 156 valence electrons. The molecule has 1 N–H and O–H groups in total. The minimum absolute atomic E-state index is 0.0376. The fourth-order valence-corrected chi connectivity index (χ4v) is 4.62. The quantitative estimate of drug-likeness (QED) is 0.865. The van der Waals surface area contributed by atoms with Crippen LogP contribution in [0.2, 0.25) is 0 Å². The van der Waals surface area contributed by atoms with Crippen LogP contribution < -0.4 is 10.1 Å². The van der Waals surface area contributed by atoms with Crippen molar-refractivity contribution in [1.82, 2.24) is 24.7 Å². The van der Waals surface area contributed by atoms with Crippen LogP contribution >= 0.6 is 0 Å². The predicted octanol–water partition coefficient (Wildman–Crippen LogP) is 2.91. The van der Waals surface area contributed by atoms with Crippen molar-refractivity contribution in [3.8, 4) is 17.0 Å². The molecule has 0 atom stereocenters. The third-order valence-electron chi connectivity index (χ3n) is 6.34. The largest absolute Gasteiger partial charge is 0.497 e. The molecule has 2 aromatic rings. The topological polar surface area (TPSA) is 62.6 Å². The number of carbonyl (C=O) groups excluding carboxylic acids is 1. The number of methoxy groups -OCH3 is 1. The molecule has 29 heavy (non-hydrogen) atoms. The molecule has 1 spiro atoms. The first kappa shape index (κ1) is 19.8. The third-order valence-corrected chi connectivity index (χ3v) is 6.34. The molecule has 0 radical (unpaired) electrons. The van der Waals surface area contributed by atoms with Gasteiger partial charge in [-0.15, -0.1) is 0 Å². The second kappa shape index (κ2) is 7.71. The Hall–Kier alpha value is -2.54. The molecule has 0 saturated carbocycles. The summed E-state index contributed by atoms with van der Waals surface area (Å²) in [6, 6.07) is 8.36. The zero-order valence-corrected chi connectivity index (χ0v) is 17.8. The van der Waals surface area contributed by atoms with E-state index in [1.807, 2.05) is 37.1 Å². The molecular formula is C22H31N5O2. The Morgan fingerprint density at radius 2 is 1.83 bits per heavy atom. The van der Waals surface area contributed by atoms with E-state index < -0.39 is 0 Å². The average Bonchev–Trinajstić information content (AvgIpc) is 3.16. The Morgan fingerprint density at radius 3 is 2.45 bits per heavy atom. The number of fused-ring (bicyclic) bond motifs is 2. The molecule has 4 rings (SSSR count). The summed E-state index contributed by atoms with van der Waals surface area (Å²) in [4.78, 5) is 21.7. The molecule has 0 bridgehead atoms. The lowest BCUT2D eigenvalue weighted by Gasteiger charge is -2.49. The van der Waals surface area contributed by atoms with Gasteiger partial charge in [0.25, 0.3) is 0 Å². The second-order valence-corrected chi connectivity index (χ2v) is 8.39. The lowest BCUT2D eigenvalue weighted by Crippen LogP contribution is -2.58. The number of urea groups is 1. The van der Waals surface area contributed by atoms with Crippen molar-refractivity contribution >= 4 is 6.03 Å². The third kappa shape index (κ3) is 3.48. The van der Waals surface area contributed by atoms with Crippen molar-refractivity contribution in [2.75, 3.05) is 33.8 Å². The maximum absolute atomic E-state index is 12.4. The lowest BCUT2D eigenvalue weighted by atomic mass is 9.83. The van der Waals surface area contributed by atoms with Crippen LogP contribution in [-0.4, -0.2) is 65.2 Å². The SMILES string of the molecule is COc1ccc(-c2cnc3n2CCN(C)C32CCN(C(=O)NC(C)C)CC2)cc1. The number of piperidine rings is 1. The van der Waals surface area contributed by atoms with Crippen LogP contribution in [0.25, 0.3) is 11.3 Å². The van der Waals surface area contributed by atoms with Crippen molar-refractivity contribution in [2.24, 2.45) is 0 Å². The molecule has 0 aliphatic carbocycles. The van der Waals surface area contributed by atoms with Gasteiger partial charge in [0.05, 0.1) is 24.5 Å². The van der Waals surface area contributed by atoms with Crippen LogP contribution in [0.15, 0.2) is 30.5 Å². The minimum Gasteiger partial charge on any atom is -0.497 e. The van der Waals surface area contributed by atoms with E-state index in [9.17, 15) is 4.79 Å². The number of nitrogens with one attached hydrogen (secondary N) is 1. The fraction of sp³-hybridized carbons (Fsp3) is 0.545. The number of carbonyl (C=O) groups is 1. The van der Waals surface area contributed by atoms with Gasteiger partial charge in [-0.05, 0) is 58.0 Å². The van der Waals surface area contributed by atoms with Gasteiger partial charge in [0.15, 0.2) is 0 Å². The fourth-order valence-electron chi connectivity index (χ4n) is 4.62. The first-order valence-corrected chi connectivity index (χ1v) is 10.4. The van der Waals surface area contributed by atoms with Crippen LogP contribution in [0.1, 0.15) is 32.5 Å². The van der Waals surface area contributed by atoms with Crippen molar-refractivity contribution in [2.45, 2.75) is 44.8 Å². The second-order valence-electron chi connectivity index (χ2n) is 8.39. The van der Waals surface area contributed by atoms with Gasteiger partial charge in [0.1, 0.15) is 11.6 Å². The summed E-state index contributed by atoms with van der Waals surface area (Å²) < 4.78 is 7.66. The molecule has 1 fully saturated rings. The van der Waals surface area contributed by atoms with Gasteiger partial charge in [-0.25, -0.2) is 9.78 Å². The summed E-state index contributed by atoms with van der Waals surface area (Å²) in [7, 11) is 3.87. The predicted molar refractivity (Wildman–Crippen MR) is 113 cm³/mol. The first-order valence-electron chi connectivity index (χ1n) is 10.4. The Labute approximate surface area is 172 Å². The Balaban J connectivity index is 1.60. The summed E-state index contributed by atoms with van der Waals surface area (Å²) in [5.74, 6) is 1.98. The van der Waals surface area contributed by atoms with Crippen molar-refractivity contribution < 1.29 is 9.53 Å². The highest BCUT2D eigenvalue weighted by atomic mass is 16.5. The molecular weight excluding hydrogens is 366 g/mol. The standard InChI is InChI=1S/C22H31N5O2/c1-16(2)24-21(28)26-11-9-22(10-12-26)20-23-15-19(27(20)14-13-25(22)3)17-5-7-18(29-4)8-6-17/h5-8,15-16H,9-14H2,1-4H3,(H,24,28). The van der Waals surface area contributed by atoms with Gasteiger partial charge in [0.2, 0.25) is 0 Å². The Kier molecular flexibility index (Phi) is 5.25. The number of aromatic nitrogens is 2. The normalized spacial score (nSPS) is 18.7. The molecule has 1 aromatic heterocycles. The summed E-state index contributed by atoms with van der Waals surface area (Å²) in [5.41, 5.74) is 2.19. The van der Waals surface area contributed by atoms with Crippen LogP contribution in [0.5, 0.6) is 5.75 Å². The van der Waals surface area contributed by atoms with Crippen molar-refractivity contribution in [3.63, 3.8) is 0 Å². The smallest absolute Gasteiger partial charge is 0.317 e. The van der Waals surface area contributed by atoms with E-state index in [2.05, 4.69) is 34.0 Å². The Bertz CT molecular complexity index is 866. The van der Waals surface area contributed by atoms with Gasteiger partial charge >= 0.3 is 6.03 Å². The minimum atomic E-state index is -0.114. The maximum Gasteiger partial charge on any atom is 0.317 e. The number of rotatable bonds is 3. The lowest BCUT2D eigenvalue weighted by molar-refractivity contribution is 0.0184. The number of imidazole rings is 1. The van der Waals surface area contributed by atoms with Crippen molar-refractivity contribution in [3.05, 3.63) is 36.3 Å². The van der Waals surface area contributed by atoms with Gasteiger partial charge in [-0.1, -0.05) is 0 Å². The summed E-state index contributed by atoms with van der Waals surface area (Å²) in [5, 5.41) is 3.01. The summed E-state index contributed by atoms with van der Waals surface area (Å²) >= 11 is 0. The van der Waals surface area contributed by atoms with E-state index in [1.165, 1.54) is 0 Å². The summed E-state index contributed by atoms with van der Waals surface area (Å²) in [6.45, 7) is 7.38. The summed E-state index contributed by atoms with van der Waals surface area (Å²) in [6.07, 6.45) is 3.79. The van der Waals surface area contributed by atoms with E-state index in [0.717, 1.165) is 61.9 Å². The van der Waals surface area contributed by atoms with Gasteiger partial charge in [0, 0.05) is 37.8 Å². The highest BCUT2D eigenvalue weighted by molar-refractivity contribution is 5.74. The van der Waals surface area contributed by atoms with Crippen LogP contribution in [0.3, 0.4) is 0 Å². The number of likely N-dealkylation sites (tertiary alicyclic amines) is 1. The highest BCUT2D eigenvalue weighted by Crippen LogP contribution is 2.41. The number of amides is 2. The number of hydrogen-bond acceptors (Lipinski definition) is 4. The van der Waals surface area contributed by atoms with Gasteiger partial charge in [-0.3, -0.25) is 4.90 Å². The van der Waals surface area contributed by atoms with Crippen LogP contribution in [0.4, 0.5) is 4.79 Å². The number of nitrogens with zero attached hydrogens (tertiary/aromatic N) is 4. The van der Waals surface area contributed by atoms with Gasteiger partial charge in [-0.2, -0.15) is 0 Å². The zero-order valence-electron chi connectivity index (χ0n) is 17.8. The number of hydrogen-bond donors (Lipinski definition) is 1. The number of benzene rings is 1. The molecule has 3 heterocycles. The molecule has 7 heteroatoms. The van der Waals surface area contributed by atoms with Gasteiger partial charge < -0.3 is 19.5 Å². The zero-order chi connectivity index (χ0) is 20.6. The number of ether oxygens (including phenoxy) is 1. The molecule has 2 aliphatic heterocycles. The Morgan fingerprint density at radius 1 is 1.14 bits per heavy atom. The molecule has 7 nitrogen and oxygen atoms in total. The van der Waals surface area contributed by atoms with E-state index in [1.54, 1.807) is 7.11 Å². The molecule has 0 unspecified atom stereocenters. The van der Waals surface area contributed by atoms with E-state index in [4.69, 9.17) is 9.72 Å². The van der Waals surface area contributed by atoms with E-state index in [-0.39, 0.29) is 17.6 Å². The molecule has 1 aromatic carbocycles. The molecule has 2 aliphatic rings. The monoisotopic (exact) mass is 397 g/mol. The van der Waals surface area contributed by atoms with E-state index in [0.29, 0.717) is 0 Å².